The molecular formula is C14H10N2O. The number of nitrogens with zero attached hydrogens (tertiary/aromatic N) is 2. The summed E-state index contributed by atoms with van der Waals surface area (Å²) in [6.45, 7) is 0. The van der Waals surface area contributed by atoms with Crippen LogP contribution in [-0.2, 0) is 0 Å². The standard InChI is InChI=1S/C14H10N2O/c17-10-12-14(11-6-2-1-3-7-11)16-9-5-4-8-13(16)15-12/h1-10H. The maximum absolute atomic E-state index is 11.1. The van der Waals surface area contributed by atoms with Crippen molar-refractivity contribution in [1.82, 2.24) is 9.38 Å². The molecule has 0 saturated heterocycles. The lowest BCUT2D eigenvalue weighted by molar-refractivity contribution is 0.112. The Kier molecular flexibility index (Phi) is 2.22. The highest BCUT2D eigenvalue weighted by Crippen LogP contribution is 2.23. The van der Waals surface area contributed by atoms with Crippen molar-refractivity contribution in [2.75, 3.05) is 0 Å². The lowest BCUT2D eigenvalue weighted by atomic mass is 10.1. The number of aromatic nitrogens is 2. The van der Waals surface area contributed by atoms with Crippen LogP contribution in [0.2, 0.25) is 0 Å². The molecule has 0 N–H and O–H groups in total. The van der Waals surface area contributed by atoms with Crippen LogP contribution in [0.3, 0.4) is 0 Å². The van der Waals surface area contributed by atoms with Gasteiger partial charge >= 0.3 is 0 Å². The summed E-state index contributed by atoms with van der Waals surface area (Å²) < 4.78 is 1.93. The van der Waals surface area contributed by atoms with E-state index in [4.69, 9.17) is 0 Å². The first kappa shape index (κ1) is 9.78. The van der Waals surface area contributed by atoms with Crippen LogP contribution in [0.1, 0.15) is 10.5 Å². The number of imidazole rings is 1. The summed E-state index contributed by atoms with van der Waals surface area (Å²) in [5, 5.41) is 0. The zero-order valence-electron chi connectivity index (χ0n) is 9.08. The van der Waals surface area contributed by atoms with Crippen molar-refractivity contribution in [3.8, 4) is 11.3 Å². The van der Waals surface area contributed by atoms with Crippen LogP contribution in [0, 0.1) is 0 Å². The van der Waals surface area contributed by atoms with Gasteiger partial charge in [-0.3, -0.25) is 9.20 Å². The van der Waals surface area contributed by atoms with Gasteiger partial charge in [0.1, 0.15) is 11.3 Å². The summed E-state index contributed by atoms with van der Waals surface area (Å²) >= 11 is 0. The number of benzene rings is 1. The highest BCUT2D eigenvalue weighted by molar-refractivity contribution is 5.86. The second-order valence-corrected chi connectivity index (χ2v) is 3.76. The minimum atomic E-state index is 0.474. The zero-order valence-corrected chi connectivity index (χ0v) is 9.08. The van der Waals surface area contributed by atoms with Crippen molar-refractivity contribution in [1.29, 1.82) is 0 Å². The first-order valence-electron chi connectivity index (χ1n) is 5.38. The Morgan fingerprint density at radius 2 is 1.76 bits per heavy atom. The number of carbonyl (C=O) groups excluding carboxylic acids is 1. The number of fused-ring (bicyclic) bond motifs is 1. The monoisotopic (exact) mass is 222 g/mol. The molecule has 0 amide bonds. The molecule has 17 heavy (non-hydrogen) atoms. The number of rotatable bonds is 2. The highest BCUT2D eigenvalue weighted by atomic mass is 16.1. The van der Waals surface area contributed by atoms with Gasteiger partial charge in [-0.25, -0.2) is 4.98 Å². The molecule has 0 radical (unpaired) electrons. The SMILES string of the molecule is O=Cc1nc2ccccn2c1-c1ccccc1. The van der Waals surface area contributed by atoms with E-state index < -0.39 is 0 Å². The normalized spacial score (nSPS) is 10.6. The van der Waals surface area contributed by atoms with Crippen LogP contribution in [0.15, 0.2) is 54.7 Å². The molecule has 3 heteroatoms. The van der Waals surface area contributed by atoms with Crippen LogP contribution in [0.25, 0.3) is 16.9 Å². The molecule has 0 saturated carbocycles. The molecule has 1 aromatic carbocycles. The van der Waals surface area contributed by atoms with Crippen molar-refractivity contribution in [3.63, 3.8) is 0 Å². The lowest BCUT2D eigenvalue weighted by Gasteiger charge is -2.01. The quantitative estimate of drug-likeness (QED) is 0.625. The van der Waals surface area contributed by atoms with Gasteiger partial charge in [0, 0.05) is 11.8 Å². The summed E-state index contributed by atoms with van der Waals surface area (Å²) in [5.41, 5.74) is 3.10. The molecule has 2 heterocycles. The third kappa shape index (κ3) is 1.52. The molecule has 2 aromatic heterocycles. The van der Waals surface area contributed by atoms with Gasteiger partial charge in [0.15, 0.2) is 6.29 Å². The predicted molar refractivity (Wildman–Crippen MR) is 66.0 cm³/mol. The molecule has 0 unspecified atom stereocenters. The minimum absolute atomic E-state index is 0.474. The Balaban J connectivity index is 2.38. The van der Waals surface area contributed by atoms with E-state index in [2.05, 4.69) is 4.98 Å². The maximum Gasteiger partial charge on any atom is 0.170 e. The third-order valence-electron chi connectivity index (χ3n) is 2.72. The summed E-state index contributed by atoms with van der Waals surface area (Å²) in [6.07, 6.45) is 2.72. The van der Waals surface area contributed by atoms with E-state index in [1.165, 1.54) is 0 Å². The third-order valence-corrected chi connectivity index (χ3v) is 2.72. The van der Waals surface area contributed by atoms with Crippen molar-refractivity contribution in [2.45, 2.75) is 0 Å². The minimum Gasteiger partial charge on any atom is -0.299 e. The topological polar surface area (TPSA) is 34.4 Å². The molecule has 0 aliphatic heterocycles. The largest absolute Gasteiger partial charge is 0.299 e. The van der Waals surface area contributed by atoms with Crippen LogP contribution in [0.4, 0.5) is 0 Å². The van der Waals surface area contributed by atoms with Crippen LogP contribution < -0.4 is 0 Å². The first-order chi connectivity index (χ1) is 8.40. The van der Waals surface area contributed by atoms with E-state index in [1.807, 2.05) is 59.1 Å². The lowest BCUT2D eigenvalue weighted by Crippen LogP contribution is -1.89. The molecule has 82 valence electrons. The Morgan fingerprint density at radius 1 is 1.00 bits per heavy atom. The Hall–Kier alpha value is -2.42. The molecule has 0 aliphatic carbocycles. The maximum atomic E-state index is 11.1. The van der Waals surface area contributed by atoms with Gasteiger partial charge in [0.25, 0.3) is 0 Å². The molecule has 0 spiro atoms. The van der Waals surface area contributed by atoms with Crippen molar-refractivity contribution in [3.05, 3.63) is 60.4 Å². The van der Waals surface area contributed by atoms with Gasteiger partial charge in [0.2, 0.25) is 0 Å². The summed E-state index contributed by atoms with van der Waals surface area (Å²) in [5.74, 6) is 0. The van der Waals surface area contributed by atoms with Crippen LogP contribution >= 0.6 is 0 Å². The number of hydrogen-bond acceptors (Lipinski definition) is 2. The molecule has 0 bridgehead atoms. The molecule has 0 atom stereocenters. The van der Waals surface area contributed by atoms with E-state index in [1.54, 1.807) is 0 Å². The highest BCUT2D eigenvalue weighted by Gasteiger charge is 2.12. The van der Waals surface area contributed by atoms with Gasteiger partial charge in [-0.2, -0.15) is 0 Å². The van der Waals surface area contributed by atoms with Gasteiger partial charge in [0.05, 0.1) is 5.69 Å². The molecule has 3 rings (SSSR count). The Labute approximate surface area is 98.4 Å². The summed E-state index contributed by atoms with van der Waals surface area (Å²) in [4.78, 5) is 15.4. The number of carbonyl (C=O) groups is 1. The fourth-order valence-corrected chi connectivity index (χ4v) is 1.98. The average Bonchev–Trinajstić information content (AvgIpc) is 2.78. The summed E-state index contributed by atoms with van der Waals surface area (Å²) in [6, 6.07) is 15.5. The van der Waals surface area contributed by atoms with Crippen molar-refractivity contribution < 1.29 is 4.79 Å². The second-order valence-electron chi connectivity index (χ2n) is 3.76. The van der Waals surface area contributed by atoms with Crippen LogP contribution in [0.5, 0.6) is 0 Å². The fourth-order valence-electron chi connectivity index (χ4n) is 1.98. The van der Waals surface area contributed by atoms with E-state index in [-0.39, 0.29) is 0 Å². The van der Waals surface area contributed by atoms with E-state index in [0.29, 0.717) is 5.69 Å². The zero-order chi connectivity index (χ0) is 11.7. The van der Waals surface area contributed by atoms with Gasteiger partial charge < -0.3 is 0 Å². The van der Waals surface area contributed by atoms with Gasteiger partial charge in [-0.15, -0.1) is 0 Å². The molecule has 3 nitrogen and oxygen atoms in total. The number of aldehydes is 1. The number of hydrogen-bond donors (Lipinski definition) is 0. The molecular weight excluding hydrogens is 212 g/mol. The van der Waals surface area contributed by atoms with E-state index in [9.17, 15) is 4.79 Å². The van der Waals surface area contributed by atoms with Crippen molar-refractivity contribution in [2.24, 2.45) is 0 Å². The predicted octanol–water partition coefficient (Wildman–Crippen LogP) is 2.81. The number of pyridine rings is 1. The smallest absolute Gasteiger partial charge is 0.170 e. The van der Waals surface area contributed by atoms with Gasteiger partial charge in [-0.1, -0.05) is 36.4 Å². The molecule has 3 aromatic rings. The Morgan fingerprint density at radius 3 is 2.53 bits per heavy atom. The summed E-state index contributed by atoms with van der Waals surface area (Å²) in [7, 11) is 0. The fraction of sp³-hybridized carbons (Fsp3) is 0. The van der Waals surface area contributed by atoms with E-state index >= 15 is 0 Å². The van der Waals surface area contributed by atoms with Gasteiger partial charge in [-0.05, 0) is 12.1 Å². The second kappa shape index (κ2) is 3.87. The Bertz CT molecular complexity index is 671. The molecule has 0 fully saturated rings. The average molecular weight is 222 g/mol. The van der Waals surface area contributed by atoms with Crippen molar-refractivity contribution >= 4 is 11.9 Å². The first-order valence-corrected chi connectivity index (χ1v) is 5.38. The molecule has 0 aliphatic rings. The van der Waals surface area contributed by atoms with Crippen LogP contribution in [-0.4, -0.2) is 15.7 Å². The van der Waals surface area contributed by atoms with E-state index in [0.717, 1.165) is 23.2 Å².